The summed E-state index contributed by atoms with van der Waals surface area (Å²) in [5.41, 5.74) is 7.47. The van der Waals surface area contributed by atoms with Crippen LogP contribution in [0.5, 0.6) is 0 Å². The molecule has 4 nitrogen and oxygen atoms in total. The van der Waals surface area contributed by atoms with Gasteiger partial charge in [0.05, 0.1) is 11.6 Å². The maximum atomic E-state index is 10.2. The maximum absolute atomic E-state index is 10.2. The number of nitrogens with zero attached hydrogens (tertiary/aromatic N) is 4. The first kappa shape index (κ1) is 31.3. The molecular weight excluding hydrogens is 689 g/mol. The summed E-state index contributed by atoms with van der Waals surface area (Å²) >= 11 is 1.84. The summed E-state index contributed by atoms with van der Waals surface area (Å²) in [5.74, 6) is 1.85. The maximum Gasteiger partial charge on any atom is 0.164 e. The number of nitriles is 1. The van der Waals surface area contributed by atoms with Crippen LogP contribution in [0.4, 0.5) is 0 Å². The van der Waals surface area contributed by atoms with Crippen molar-refractivity contribution in [3.05, 3.63) is 175 Å². The first-order valence-corrected chi connectivity index (χ1v) is 19.0. The Hall–Kier alpha value is -7.26. The van der Waals surface area contributed by atoms with Crippen molar-refractivity contribution in [2.24, 2.45) is 0 Å². The Labute approximate surface area is 320 Å². The van der Waals surface area contributed by atoms with Gasteiger partial charge in [0, 0.05) is 36.9 Å². The molecule has 2 aromatic heterocycles. The SMILES string of the molecule is N#Cc1cc(-c2ccc(-c3nc(-c4ccccc4)nc(-c4ccc5ccccc5c4)n3)cc2)cc(-c2cc3sc4cccc5c6ccccc6c(c2)c3c45)c1. The molecule has 254 valence electrons. The highest BCUT2D eigenvalue weighted by Gasteiger charge is 2.18. The second kappa shape index (κ2) is 12.4. The summed E-state index contributed by atoms with van der Waals surface area (Å²) in [6.07, 6.45) is 0. The van der Waals surface area contributed by atoms with Gasteiger partial charge in [-0.15, -0.1) is 11.3 Å². The second-order valence-corrected chi connectivity index (χ2v) is 15.0. The molecular formula is C50H28N4S. The molecule has 0 aliphatic rings. The molecule has 5 heteroatoms. The molecule has 0 N–H and O–H groups in total. The van der Waals surface area contributed by atoms with Gasteiger partial charge in [-0.2, -0.15) is 5.26 Å². The van der Waals surface area contributed by atoms with Crippen molar-refractivity contribution in [1.29, 1.82) is 5.26 Å². The van der Waals surface area contributed by atoms with Crippen LogP contribution in [-0.2, 0) is 0 Å². The van der Waals surface area contributed by atoms with Crippen molar-refractivity contribution < 1.29 is 0 Å². The summed E-state index contributed by atoms with van der Waals surface area (Å²) in [4.78, 5) is 14.9. The molecule has 0 fully saturated rings. The molecule has 0 radical (unpaired) electrons. The predicted octanol–water partition coefficient (Wildman–Crippen LogP) is 13.3. The second-order valence-electron chi connectivity index (χ2n) is 13.9. The van der Waals surface area contributed by atoms with Crippen molar-refractivity contribution in [1.82, 2.24) is 15.0 Å². The van der Waals surface area contributed by atoms with Crippen LogP contribution in [0.15, 0.2) is 170 Å². The van der Waals surface area contributed by atoms with Crippen LogP contribution in [-0.4, -0.2) is 15.0 Å². The fraction of sp³-hybridized carbons (Fsp3) is 0. The average Bonchev–Trinajstić information content (AvgIpc) is 3.65. The zero-order valence-corrected chi connectivity index (χ0v) is 30.2. The van der Waals surface area contributed by atoms with Crippen LogP contribution in [0.3, 0.4) is 0 Å². The molecule has 0 aliphatic heterocycles. The van der Waals surface area contributed by atoms with Gasteiger partial charge in [-0.05, 0) is 97.0 Å². The Kier molecular flexibility index (Phi) is 7.06. The van der Waals surface area contributed by atoms with E-state index in [2.05, 4.69) is 121 Å². The molecule has 2 heterocycles. The molecule has 55 heavy (non-hydrogen) atoms. The van der Waals surface area contributed by atoms with Crippen LogP contribution in [0.2, 0.25) is 0 Å². The van der Waals surface area contributed by atoms with E-state index >= 15 is 0 Å². The standard InChI is InChI=1S/C50H28N4S/c51-29-30-23-37(26-38(24-30)39-27-43-41-14-7-6-13-40(41)42-15-8-16-44-46(42)47(43)45(28-39)55-44)32-17-20-34(21-18-32)49-52-48(33-10-2-1-3-11-33)53-50(54-49)36-22-19-31-9-4-5-12-35(31)25-36/h1-28H. The number of rotatable bonds is 5. The Morgan fingerprint density at radius 3 is 1.69 bits per heavy atom. The molecule has 0 unspecified atom stereocenters. The van der Waals surface area contributed by atoms with Gasteiger partial charge in [-0.1, -0.05) is 127 Å². The van der Waals surface area contributed by atoms with E-state index in [4.69, 9.17) is 15.0 Å². The van der Waals surface area contributed by atoms with Gasteiger partial charge in [0.2, 0.25) is 0 Å². The third-order valence-electron chi connectivity index (χ3n) is 10.7. The van der Waals surface area contributed by atoms with Crippen molar-refractivity contribution in [2.75, 3.05) is 0 Å². The summed E-state index contributed by atoms with van der Waals surface area (Å²) < 4.78 is 2.55. The Bertz CT molecular complexity index is 3320. The highest BCUT2D eigenvalue weighted by molar-refractivity contribution is 7.26. The minimum Gasteiger partial charge on any atom is -0.208 e. The molecule has 0 bridgehead atoms. The Morgan fingerprint density at radius 1 is 0.364 bits per heavy atom. The summed E-state index contributed by atoms with van der Waals surface area (Å²) in [6.45, 7) is 0. The van der Waals surface area contributed by atoms with Crippen LogP contribution in [0, 0.1) is 11.3 Å². The molecule has 0 saturated heterocycles. The van der Waals surface area contributed by atoms with Gasteiger partial charge < -0.3 is 0 Å². The van der Waals surface area contributed by atoms with Crippen molar-refractivity contribution >= 4 is 63.8 Å². The normalized spacial score (nSPS) is 11.6. The first-order chi connectivity index (χ1) is 27.2. The minimum absolute atomic E-state index is 0.601. The predicted molar refractivity (Wildman–Crippen MR) is 228 cm³/mol. The number of thiophene rings is 1. The monoisotopic (exact) mass is 716 g/mol. The summed E-state index contributed by atoms with van der Waals surface area (Å²) in [7, 11) is 0. The van der Waals surface area contributed by atoms with Crippen LogP contribution in [0.1, 0.15) is 5.56 Å². The topological polar surface area (TPSA) is 62.5 Å². The zero-order chi connectivity index (χ0) is 36.5. The van der Waals surface area contributed by atoms with E-state index in [1.54, 1.807) is 0 Å². The fourth-order valence-electron chi connectivity index (χ4n) is 8.02. The van der Waals surface area contributed by atoms with E-state index in [1.807, 2.05) is 65.9 Å². The van der Waals surface area contributed by atoms with Crippen molar-refractivity contribution in [2.45, 2.75) is 0 Å². The van der Waals surface area contributed by atoms with Gasteiger partial charge in [0.15, 0.2) is 17.5 Å². The quantitative estimate of drug-likeness (QED) is 0.166. The van der Waals surface area contributed by atoms with E-state index in [9.17, 15) is 5.26 Å². The van der Waals surface area contributed by atoms with E-state index in [0.717, 1.165) is 44.3 Å². The lowest BCUT2D eigenvalue weighted by Crippen LogP contribution is -2.00. The summed E-state index contributed by atoms with van der Waals surface area (Å²) in [5, 5.41) is 20.2. The number of aromatic nitrogens is 3. The van der Waals surface area contributed by atoms with Crippen molar-refractivity contribution in [3.8, 4) is 62.5 Å². The molecule has 0 spiro atoms. The molecule has 0 amide bonds. The molecule has 0 aliphatic carbocycles. The van der Waals surface area contributed by atoms with Gasteiger partial charge in [0.25, 0.3) is 0 Å². The number of hydrogen-bond acceptors (Lipinski definition) is 5. The van der Waals surface area contributed by atoms with E-state index in [1.165, 1.54) is 47.1 Å². The third-order valence-corrected chi connectivity index (χ3v) is 11.8. The van der Waals surface area contributed by atoms with Crippen LogP contribution in [0.25, 0.3) is 109 Å². The number of benzene rings is 9. The van der Waals surface area contributed by atoms with E-state index < -0.39 is 0 Å². The molecule has 0 saturated carbocycles. The Morgan fingerprint density at radius 2 is 0.927 bits per heavy atom. The largest absolute Gasteiger partial charge is 0.208 e. The molecule has 11 rings (SSSR count). The van der Waals surface area contributed by atoms with Crippen LogP contribution < -0.4 is 0 Å². The lowest BCUT2D eigenvalue weighted by Gasteiger charge is -2.12. The average molecular weight is 717 g/mol. The third kappa shape index (κ3) is 5.23. The first-order valence-electron chi connectivity index (χ1n) is 18.2. The summed E-state index contributed by atoms with van der Waals surface area (Å²) in [6, 6.07) is 61.5. The highest BCUT2D eigenvalue weighted by atomic mass is 32.1. The van der Waals surface area contributed by atoms with Gasteiger partial charge >= 0.3 is 0 Å². The van der Waals surface area contributed by atoms with Gasteiger partial charge in [-0.25, -0.2) is 15.0 Å². The number of hydrogen-bond donors (Lipinski definition) is 0. The molecule has 11 aromatic rings. The minimum atomic E-state index is 0.601. The van der Waals surface area contributed by atoms with E-state index in [0.29, 0.717) is 23.0 Å². The molecule has 0 atom stereocenters. The number of fused-ring (bicyclic) bond motifs is 4. The van der Waals surface area contributed by atoms with E-state index in [-0.39, 0.29) is 0 Å². The van der Waals surface area contributed by atoms with Crippen LogP contribution >= 0.6 is 11.3 Å². The lowest BCUT2D eigenvalue weighted by atomic mass is 9.91. The lowest BCUT2D eigenvalue weighted by molar-refractivity contribution is 1.07. The smallest absolute Gasteiger partial charge is 0.164 e. The Balaban J connectivity index is 1.01. The van der Waals surface area contributed by atoms with Crippen molar-refractivity contribution in [3.63, 3.8) is 0 Å². The highest BCUT2D eigenvalue weighted by Crippen LogP contribution is 2.47. The molecule has 9 aromatic carbocycles. The van der Waals surface area contributed by atoms with Gasteiger partial charge in [-0.3, -0.25) is 0 Å². The fourth-order valence-corrected chi connectivity index (χ4v) is 9.22. The van der Waals surface area contributed by atoms with Gasteiger partial charge in [0.1, 0.15) is 0 Å². The zero-order valence-electron chi connectivity index (χ0n) is 29.4.